The Balaban J connectivity index is 2.11. The molecule has 2 N–H and O–H groups in total. The zero-order chi connectivity index (χ0) is 14.0. The summed E-state index contributed by atoms with van der Waals surface area (Å²) in [6, 6.07) is 1.86. The monoisotopic (exact) mass is 287 g/mol. The summed E-state index contributed by atoms with van der Waals surface area (Å²) in [4.78, 5) is 21.9. The lowest BCUT2D eigenvalue weighted by molar-refractivity contribution is -0.119. The van der Waals surface area contributed by atoms with Gasteiger partial charge in [-0.2, -0.15) is 0 Å². The molecule has 1 aromatic carbocycles. The molecule has 0 bridgehead atoms. The van der Waals surface area contributed by atoms with Crippen LogP contribution in [0.25, 0.3) is 0 Å². The van der Waals surface area contributed by atoms with E-state index in [4.69, 9.17) is 21.4 Å². The Morgan fingerprint density at radius 2 is 2.32 bits per heavy atom. The molecule has 1 unspecified atom stereocenters. The average molecular weight is 288 g/mol. The first kappa shape index (κ1) is 13.6. The Morgan fingerprint density at radius 1 is 1.58 bits per heavy atom. The van der Waals surface area contributed by atoms with Gasteiger partial charge in [0.15, 0.2) is 0 Å². The van der Waals surface area contributed by atoms with Crippen molar-refractivity contribution in [1.29, 1.82) is 0 Å². The number of carboxylic acid groups (broad SMARTS) is 1. The molecular weight excluding hydrogens is 277 g/mol. The van der Waals surface area contributed by atoms with Crippen molar-refractivity contribution in [2.24, 2.45) is 5.92 Å². The minimum Gasteiger partial charge on any atom is -0.492 e. The number of carboxylic acids is 1. The van der Waals surface area contributed by atoms with Crippen molar-refractivity contribution in [3.05, 3.63) is 28.5 Å². The number of ether oxygens (including phenoxy) is 1. The maximum atomic E-state index is 13.3. The average Bonchev–Trinajstić information content (AvgIpc) is 2.75. The first-order valence-corrected chi connectivity index (χ1v) is 5.97. The van der Waals surface area contributed by atoms with E-state index in [0.717, 1.165) is 12.1 Å². The van der Waals surface area contributed by atoms with Gasteiger partial charge in [0.2, 0.25) is 5.91 Å². The van der Waals surface area contributed by atoms with Crippen molar-refractivity contribution in [3.8, 4) is 5.75 Å². The van der Waals surface area contributed by atoms with Gasteiger partial charge in [-0.05, 0) is 6.07 Å². The molecule has 5 nitrogen and oxygen atoms in total. The Bertz CT molecular complexity index is 535. The standard InChI is InChI=1S/C12H11ClFNO4/c13-11-8(12(17)18)2-7(14)3-9(11)19-5-6-1-10(16)15-4-6/h2-3,6H,1,4-5H2,(H,15,16)(H,17,18). The summed E-state index contributed by atoms with van der Waals surface area (Å²) in [5.74, 6) is -2.19. The summed E-state index contributed by atoms with van der Waals surface area (Å²) in [5, 5.41) is 11.4. The van der Waals surface area contributed by atoms with Crippen LogP contribution in [0.2, 0.25) is 5.02 Å². The van der Waals surface area contributed by atoms with Crippen LogP contribution in [0.15, 0.2) is 12.1 Å². The minimum absolute atomic E-state index is 0.0277. The van der Waals surface area contributed by atoms with Crippen LogP contribution in [-0.2, 0) is 4.79 Å². The van der Waals surface area contributed by atoms with Gasteiger partial charge in [-0.25, -0.2) is 9.18 Å². The fourth-order valence-electron chi connectivity index (χ4n) is 1.82. The SMILES string of the molecule is O=C1CC(COc2cc(F)cc(C(=O)O)c2Cl)CN1. The Kier molecular flexibility index (Phi) is 3.90. The highest BCUT2D eigenvalue weighted by Gasteiger charge is 2.23. The smallest absolute Gasteiger partial charge is 0.337 e. The lowest BCUT2D eigenvalue weighted by atomic mass is 10.1. The predicted octanol–water partition coefficient (Wildman–Crippen LogP) is 1.69. The minimum atomic E-state index is -1.33. The van der Waals surface area contributed by atoms with Crippen LogP contribution >= 0.6 is 11.6 Å². The number of rotatable bonds is 4. The number of carbonyl (C=O) groups is 2. The lowest BCUT2D eigenvalue weighted by Gasteiger charge is -2.12. The predicted molar refractivity (Wildman–Crippen MR) is 65.0 cm³/mol. The Labute approximate surface area is 113 Å². The topological polar surface area (TPSA) is 75.6 Å². The van der Waals surface area contributed by atoms with Crippen molar-refractivity contribution in [2.45, 2.75) is 6.42 Å². The fraction of sp³-hybridized carbons (Fsp3) is 0.333. The van der Waals surface area contributed by atoms with Crippen LogP contribution in [-0.4, -0.2) is 30.1 Å². The third kappa shape index (κ3) is 3.14. The Hall–Kier alpha value is -1.82. The van der Waals surface area contributed by atoms with Gasteiger partial charge in [-0.1, -0.05) is 11.6 Å². The van der Waals surface area contributed by atoms with E-state index in [1.165, 1.54) is 0 Å². The maximum Gasteiger partial charge on any atom is 0.337 e. The summed E-state index contributed by atoms with van der Waals surface area (Å²) in [6.07, 6.45) is 0.332. The van der Waals surface area contributed by atoms with E-state index in [1.54, 1.807) is 0 Å². The number of hydrogen-bond acceptors (Lipinski definition) is 3. The van der Waals surface area contributed by atoms with Crippen molar-refractivity contribution in [3.63, 3.8) is 0 Å². The van der Waals surface area contributed by atoms with Gasteiger partial charge < -0.3 is 15.2 Å². The van der Waals surface area contributed by atoms with Gasteiger partial charge in [-0.3, -0.25) is 4.79 Å². The van der Waals surface area contributed by atoms with Crippen LogP contribution in [0, 0.1) is 11.7 Å². The molecular formula is C12H11ClFNO4. The number of benzene rings is 1. The van der Waals surface area contributed by atoms with E-state index in [0.29, 0.717) is 13.0 Å². The molecule has 0 aliphatic carbocycles. The molecule has 0 spiro atoms. The number of nitrogens with one attached hydrogen (secondary N) is 1. The van der Waals surface area contributed by atoms with Gasteiger partial charge in [0.1, 0.15) is 11.6 Å². The summed E-state index contributed by atoms with van der Waals surface area (Å²) in [7, 11) is 0. The quantitative estimate of drug-likeness (QED) is 0.884. The highest BCUT2D eigenvalue weighted by molar-refractivity contribution is 6.34. The van der Waals surface area contributed by atoms with E-state index < -0.39 is 11.8 Å². The molecule has 1 aromatic rings. The number of hydrogen-bond donors (Lipinski definition) is 2. The zero-order valence-electron chi connectivity index (χ0n) is 9.78. The molecule has 0 aromatic heterocycles. The first-order chi connectivity index (χ1) is 8.97. The third-order valence-corrected chi connectivity index (χ3v) is 3.16. The molecule has 102 valence electrons. The lowest BCUT2D eigenvalue weighted by Crippen LogP contribution is -2.17. The molecule has 1 saturated heterocycles. The molecule has 0 saturated carbocycles. The van der Waals surface area contributed by atoms with E-state index >= 15 is 0 Å². The largest absolute Gasteiger partial charge is 0.492 e. The van der Waals surface area contributed by atoms with Crippen LogP contribution in [0.5, 0.6) is 5.75 Å². The van der Waals surface area contributed by atoms with Gasteiger partial charge >= 0.3 is 5.97 Å². The normalized spacial score (nSPS) is 18.2. The van der Waals surface area contributed by atoms with Crippen LogP contribution < -0.4 is 10.1 Å². The summed E-state index contributed by atoms with van der Waals surface area (Å²) >= 11 is 5.83. The number of halogens is 2. The van der Waals surface area contributed by atoms with Crippen molar-refractivity contribution in [1.82, 2.24) is 5.32 Å². The highest BCUT2D eigenvalue weighted by atomic mass is 35.5. The van der Waals surface area contributed by atoms with Crippen LogP contribution in [0.4, 0.5) is 4.39 Å². The van der Waals surface area contributed by atoms with Gasteiger partial charge in [0, 0.05) is 24.9 Å². The fourth-order valence-corrected chi connectivity index (χ4v) is 2.06. The summed E-state index contributed by atoms with van der Waals surface area (Å²) < 4.78 is 18.6. The van der Waals surface area contributed by atoms with Gasteiger partial charge in [0.25, 0.3) is 0 Å². The summed E-state index contributed by atoms with van der Waals surface area (Å²) in [5.41, 5.74) is -0.350. The molecule has 7 heteroatoms. The van der Waals surface area contributed by atoms with Crippen molar-refractivity contribution in [2.75, 3.05) is 13.2 Å². The Morgan fingerprint density at radius 3 is 2.89 bits per heavy atom. The molecule has 1 amide bonds. The van der Waals surface area contributed by atoms with Crippen LogP contribution in [0.3, 0.4) is 0 Å². The molecule has 1 atom stereocenters. The van der Waals surface area contributed by atoms with Crippen molar-refractivity contribution < 1.29 is 23.8 Å². The molecule has 0 radical (unpaired) electrons. The van der Waals surface area contributed by atoms with Gasteiger partial charge in [0.05, 0.1) is 17.2 Å². The molecule has 1 aliphatic heterocycles. The third-order valence-electron chi connectivity index (χ3n) is 2.77. The van der Waals surface area contributed by atoms with Crippen LogP contribution in [0.1, 0.15) is 16.8 Å². The van der Waals surface area contributed by atoms with E-state index in [1.807, 2.05) is 0 Å². The maximum absolute atomic E-state index is 13.3. The molecule has 2 rings (SSSR count). The first-order valence-electron chi connectivity index (χ1n) is 5.59. The number of carbonyl (C=O) groups excluding carboxylic acids is 1. The molecule has 19 heavy (non-hydrogen) atoms. The van der Waals surface area contributed by atoms with E-state index in [-0.39, 0.29) is 34.8 Å². The second kappa shape index (κ2) is 5.44. The molecule has 1 aliphatic rings. The van der Waals surface area contributed by atoms with Crippen molar-refractivity contribution >= 4 is 23.5 Å². The van der Waals surface area contributed by atoms with E-state index in [9.17, 15) is 14.0 Å². The second-order valence-electron chi connectivity index (χ2n) is 4.26. The number of amides is 1. The van der Waals surface area contributed by atoms with E-state index in [2.05, 4.69) is 5.32 Å². The molecule has 1 fully saturated rings. The zero-order valence-corrected chi connectivity index (χ0v) is 10.5. The summed E-state index contributed by atoms with van der Waals surface area (Å²) in [6.45, 7) is 0.651. The second-order valence-corrected chi connectivity index (χ2v) is 4.63. The van der Waals surface area contributed by atoms with Gasteiger partial charge in [-0.15, -0.1) is 0 Å². The molecule has 1 heterocycles. The number of aromatic carboxylic acids is 1. The highest BCUT2D eigenvalue weighted by Crippen LogP contribution is 2.30.